The van der Waals surface area contributed by atoms with E-state index >= 15 is 0 Å². The molecular formula is C8H8F2S. The number of hydrogen-bond acceptors (Lipinski definition) is 1. The molecule has 0 radical (unpaired) electrons. The summed E-state index contributed by atoms with van der Waals surface area (Å²) < 4.78 is 26.4. The molecule has 0 saturated heterocycles. The van der Waals surface area contributed by atoms with Crippen molar-refractivity contribution in [3.63, 3.8) is 0 Å². The number of rotatable bonds is 2. The highest BCUT2D eigenvalue weighted by molar-refractivity contribution is 7.10. The minimum Gasteiger partial charge on any atom is -0.200 e. The van der Waals surface area contributed by atoms with Crippen LogP contribution in [0.1, 0.15) is 17.7 Å². The second-order valence-electron chi connectivity index (χ2n) is 2.87. The molecule has 0 spiro atoms. The highest BCUT2D eigenvalue weighted by Crippen LogP contribution is 2.50. The summed E-state index contributed by atoms with van der Waals surface area (Å²) in [6.07, 6.45) is 1.37. The second-order valence-corrected chi connectivity index (χ2v) is 3.82. The quantitative estimate of drug-likeness (QED) is 0.645. The van der Waals surface area contributed by atoms with Crippen molar-refractivity contribution in [1.29, 1.82) is 0 Å². The van der Waals surface area contributed by atoms with Gasteiger partial charge >= 0.3 is 0 Å². The molecule has 1 fully saturated rings. The molecule has 0 nitrogen and oxygen atoms in total. The number of thiophene rings is 1. The third kappa shape index (κ3) is 1.18. The van der Waals surface area contributed by atoms with Gasteiger partial charge in [0.2, 0.25) is 0 Å². The van der Waals surface area contributed by atoms with Crippen LogP contribution in [0.15, 0.2) is 17.5 Å². The molecule has 1 saturated carbocycles. The van der Waals surface area contributed by atoms with Gasteiger partial charge in [-0.25, -0.2) is 8.78 Å². The number of hydrogen-bond donors (Lipinski definition) is 0. The molecule has 0 aliphatic heterocycles. The largest absolute Gasteiger partial charge is 0.284 e. The zero-order valence-corrected chi connectivity index (χ0v) is 6.70. The Balaban J connectivity index is 2.26. The smallest absolute Gasteiger partial charge is 0.200 e. The first-order valence-electron chi connectivity index (χ1n) is 3.63. The fourth-order valence-corrected chi connectivity index (χ4v) is 1.90. The molecule has 0 amide bonds. The predicted molar refractivity (Wildman–Crippen MR) is 40.9 cm³/mol. The summed E-state index contributed by atoms with van der Waals surface area (Å²) in [4.78, 5) is 0.222. The van der Waals surface area contributed by atoms with E-state index in [0.717, 1.165) is 11.3 Å². The van der Waals surface area contributed by atoms with E-state index in [1.165, 1.54) is 6.07 Å². The maximum absolute atomic E-state index is 13.2. The van der Waals surface area contributed by atoms with Crippen LogP contribution in [0.3, 0.4) is 0 Å². The molecule has 1 aliphatic carbocycles. The number of alkyl halides is 2. The molecule has 1 heterocycles. The van der Waals surface area contributed by atoms with Crippen LogP contribution in [0.5, 0.6) is 0 Å². The topological polar surface area (TPSA) is 0 Å². The zero-order valence-electron chi connectivity index (χ0n) is 5.89. The monoisotopic (exact) mass is 174 g/mol. The second kappa shape index (κ2) is 2.27. The van der Waals surface area contributed by atoms with Crippen molar-refractivity contribution in [2.24, 2.45) is 5.92 Å². The molecular weight excluding hydrogens is 166 g/mol. The first kappa shape index (κ1) is 7.22. The fraction of sp³-hybridized carbons (Fsp3) is 0.500. The third-order valence-corrected chi connectivity index (χ3v) is 2.90. The molecule has 0 bridgehead atoms. The molecule has 3 heteroatoms. The SMILES string of the molecule is FC(F)(c1cccs1)C1CC1. The molecule has 1 aromatic rings. The van der Waals surface area contributed by atoms with Gasteiger partial charge in [-0.15, -0.1) is 11.3 Å². The molecule has 1 aliphatic rings. The van der Waals surface area contributed by atoms with Crippen molar-refractivity contribution in [1.82, 2.24) is 0 Å². The summed E-state index contributed by atoms with van der Waals surface area (Å²) >= 11 is 1.15. The van der Waals surface area contributed by atoms with E-state index < -0.39 is 5.92 Å². The lowest BCUT2D eigenvalue weighted by atomic mass is 10.2. The molecule has 1 aromatic heterocycles. The van der Waals surface area contributed by atoms with Crippen LogP contribution >= 0.6 is 11.3 Å². The van der Waals surface area contributed by atoms with Crippen molar-refractivity contribution >= 4 is 11.3 Å². The summed E-state index contributed by atoms with van der Waals surface area (Å²) in [5, 5.41) is 1.70. The lowest BCUT2D eigenvalue weighted by molar-refractivity contribution is -0.0247. The van der Waals surface area contributed by atoms with E-state index in [4.69, 9.17) is 0 Å². The Bertz CT molecular complexity index is 237. The van der Waals surface area contributed by atoms with Gasteiger partial charge in [-0.05, 0) is 24.3 Å². The highest BCUT2D eigenvalue weighted by Gasteiger charge is 2.48. The van der Waals surface area contributed by atoms with Crippen molar-refractivity contribution in [3.8, 4) is 0 Å². The van der Waals surface area contributed by atoms with Gasteiger partial charge in [0.15, 0.2) is 0 Å². The first-order chi connectivity index (χ1) is 5.21. The predicted octanol–water partition coefficient (Wildman–Crippen LogP) is 3.25. The third-order valence-electron chi connectivity index (χ3n) is 1.94. The van der Waals surface area contributed by atoms with E-state index in [1.54, 1.807) is 11.4 Å². The van der Waals surface area contributed by atoms with Gasteiger partial charge in [0.25, 0.3) is 5.92 Å². The van der Waals surface area contributed by atoms with Crippen molar-refractivity contribution in [2.75, 3.05) is 0 Å². The summed E-state index contributed by atoms with van der Waals surface area (Å²) in [7, 11) is 0. The molecule has 2 rings (SSSR count). The van der Waals surface area contributed by atoms with Crippen LogP contribution in [0.2, 0.25) is 0 Å². The van der Waals surface area contributed by atoms with Gasteiger partial charge in [-0.1, -0.05) is 6.07 Å². The molecule has 60 valence electrons. The maximum Gasteiger partial charge on any atom is 0.284 e. The molecule has 11 heavy (non-hydrogen) atoms. The molecule has 0 unspecified atom stereocenters. The normalized spacial score (nSPS) is 18.7. The Morgan fingerprint density at radius 2 is 2.18 bits per heavy atom. The van der Waals surface area contributed by atoms with E-state index in [9.17, 15) is 8.78 Å². The fourth-order valence-electron chi connectivity index (χ4n) is 1.12. The van der Waals surface area contributed by atoms with Crippen LogP contribution < -0.4 is 0 Å². The standard InChI is InChI=1S/C8H8F2S/c9-8(10,6-3-4-6)7-2-1-5-11-7/h1-2,5-6H,3-4H2. The van der Waals surface area contributed by atoms with Crippen LogP contribution in [0.25, 0.3) is 0 Å². The van der Waals surface area contributed by atoms with E-state index in [1.807, 2.05) is 0 Å². The number of halogens is 2. The van der Waals surface area contributed by atoms with Crippen molar-refractivity contribution in [3.05, 3.63) is 22.4 Å². The summed E-state index contributed by atoms with van der Waals surface area (Å²) in [5.41, 5.74) is 0. The molecule has 0 N–H and O–H groups in total. The van der Waals surface area contributed by atoms with Crippen LogP contribution in [-0.4, -0.2) is 0 Å². The zero-order chi connectivity index (χ0) is 7.90. The molecule has 0 aromatic carbocycles. The summed E-state index contributed by atoms with van der Waals surface area (Å²) in [5.74, 6) is -2.92. The van der Waals surface area contributed by atoms with E-state index in [2.05, 4.69) is 0 Å². The van der Waals surface area contributed by atoms with Gasteiger partial charge in [0, 0.05) is 5.92 Å². The summed E-state index contributed by atoms with van der Waals surface area (Å²) in [6.45, 7) is 0. The van der Waals surface area contributed by atoms with Gasteiger partial charge in [-0.2, -0.15) is 0 Å². The van der Waals surface area contributed by atoms with Crippen LogP contribution in [0, 0.1) is 5.92 Å². The van der Waals surface area contributed by atoms with Gasteiger partial charge in [-0.3, -0.25) is 0 Å². The first-order valence-corrected chi connectivity index (χ1v) is 4.51. The average Bonchev–Trinajstić information content (AvgIpc) is 2.66. The Labute approximate surface area is 67.9 Å². The van der Waals surface area contributed by atoms with Gasteiger partial charge < -0.3 is 0 Å². The Kier molecular flexibility index (Phi) is 1.49. The lowest BCUT2D eigenvalue weighted by Gasteiger charge is -2.12. The average molecular weight is 174 g/mol. The lowest BCUT2D eigenvalue weighted by Crippen LogP contribution is -2.13. The maximum atomic E-state index is 13.2. The summed E-state index contributed by atoms with van der Waals surface area (Å²) in [6, 6.07) is 3.19. The molecule has 0 atom stereocenters. The minimum absolute atomic E-state index is 0.222. The Morgan fingerprint density at radius 3 is 2.64 bits per heavy atom. The van der Waals surface area contributed by atoms with Gasteiger partial charge in [0.05, 0.1) is 4.88 Å². The Morgan fingerprint density at radius 1 is 1.45 bits per heavy atom. The highest BCUT2D eigenvalue weighted by atomic mass is 32.1. The van der Waals surface area contributed by atoms with Crippen molar-refractivity contribution in [2.45, 2.75) is 18.8 Å². The minimum atomic E-state index is -2.55. The van der Waals surface area contributed by atoms with E-state index in [0.29, 0.717) is 12.8 Å². The van der Waals surface area contributed by atoms with Crippen molar-refractivity contribution < 1.29 is 8.78 Å². The Hall–Kier alpha value is -0.440. The van der Waals surface area contributed by atoms with Crippen LogP contribution in [-0.2, 0) is 5.92 Å². The van der Waals surface area contributed by atoms with E-state index in [-0.39, 0.29) is 10.8 Å². The van der Waals surface area contributed by atoms with Gasteiger partial charge in [0.1, 0.15) is 0 Å². The van der Waals surface area contributed by atoms with Crippen LogP contribution in [0.4, 0.5) is 8.78 Å².